The molecule has 1 N–H and O–H groups in total. The number of nitrogens with zero attached hydrogens (tertiary/aromatic N) is 2. The minimum Gasteiger partial charge on any atom is -0.296 e. The molecule has 27 heavy (non-hydrogen) atoms. The molecule has 0 spiro atoms. The van der Waals surface area contributed by atoms with E-state index in [0.29, 0.717) is 22.2 Å². The number of carbonyl (C=O) groups is 1. The summed E-state index contributed by atoms with van der Waals surface area (Å²) >= 11 is 1.39. The van der Waals surface area contributed by atoms with Crippen LogP contribution in [0.2, 0.25) is 0 Å². The van der Waals surface area contributed by atoms with Gasteiger partial charge in [-0.1, -0.05) is 41.7 Å². The molecule has 1 heterocycles. The molecule has 0 atom stereocenters. The van der Waals surface area contributed by atoms with Crippen LogP contribution in [-0.2, 0) is 15.6 Å². The lowest BCUT2D eigenvalue weighted by atomic mass is 10.1. The molecule has 1 saturated carbocycles. The minimum atomic E-state index is -3.47. The topological polar surface area (TPSA) is 89.0 Å². The van der Waals surface area contributed by atoms with Crippen molar-refractivity contribution in [3.8, 4) is 0 Å². The van der Waals surface area contributed by atoms with Gasteiger partial charge in [-0.25, -0.2) is 8.42 Å². The molecule has 1 aromatic heterocycles. The summed E-state index contributed by atoms with van der Waals surface area (Å²) in [6.07, 6.45) is 2.25. The normalized spacial score (nSPS) is 14.1. The summed E-state index contributed by atoms with van der Waals surface area (Å²) in [4.78, 5) is 12.7. The second kappa shape index (κ2) is 7.21. The van der Waals surface area contributed by atoms with Gasteiger partial charge in [0, 0.05) is 11.5 Å². The number of anilines is 1. The molecule has 6 nitrogen and oxygen atoms in total. The number of hydrogen-bond donors (Lipinski definition) is 1. The van der Waals surface area contributed by atoms with E-state index in [-0.39, 0.29) is 16.6 Å². The van der Waals surface area contributed by atoms with Crippen LogP contribution in [-0.4, -0.2) is 24.5 Å². The van der Waals surface area contributed by atoms with Gasteiger partial charge in [-0.3, -0.25) is 10.1 Å². The fourth-order valence-electron chi connectivity index (χ4n) is 2.68. The Labute approximate surface area is 161 Å². The van der Waals surface area contributed by atoms with Crippen molar-refractivity contribution in [3.05, 3.63) is 70.7 Å². The molecule has 1 amide bonds. The van der Waals surface area contributed by atoms with E-state index in [0.717, 1.165) is 17.8 Å². The highest BCUT2D eigenvalue weighted by molar-refractivity contribution is 7.90. The van der Waals surface area contributed by atoms with Crippen LogP contribution in [0, 0.1) is 0 Å². The van der Waals surface area contributed by atoms with E-state index >= 15 is 0 Å². The molecule has 0 bridgehead atoms. The van der Waals surface area contributed by atoms with E-state index in [9.17, 15) is 13.2 Å². The number of rotatable bonds is 6. The molecule has 1 aliphatic rings. The Morgan fingerprint density at radius 2 is 1.85 bits per heavy atom. The van der Waals surface area contributed by atoms with E-state index in [4.69, 9.17) is 0 Å². The van der Waals surface area contributed by atoms with E-state index in [1.165, 1.54) is 11.3 Å². The van der Waals surface area contributed by atoms with Gasteiger partial charge in [0.05, 0.1) is 10.6 Å². The zero-order chi connectivity index (χ0) is 18.9. The van der Waals surface area contributed by atoms with E-state index in [1.807, 2.05) is 0 Å². The third-order valence-electron chi connectivity index (χ3n) is 4.24. The predicted octanol–water partition coefficient (Wildman–Crippen LogP) is 3.64. The van der Waals surface area contributed by atoms with Gasteiger partial charge >= 0.3 is 0 Å². The van der Waals surface area contributed by atoms with Crippen LogP contribution >= 0.6 is 11.3 Å². The molecular formula is C19H17N3O3S2. The molecule has 0 radical (unpaired) electrons. The van der Waals surface area contributed by atoms with Crippen molar-refractivity contribution in [1.29, 1.82) is 0 Å². The van der Waals surface area contributed by atoms with E-state index in [2.05, 4.69) is 15.5 Å². The Hall–Kier alpha value is -2.58. The number of aromatic nitrogens is 2. The van der Waals surface area contributed by atoms with Gasteiger partial charge in [0.2, 0.25) is 5.13 Å². The van der Waals surface area contributed by atoms with Crippen LogP contribution in [0.25, 0.3) is 0 Å². The Morgan fingerprint density at radius 3 is 2.59 bits per heavy atom. The largest absolute Gasteiger partial charge is 0.296 e. The molecule has 3 aromatic rings. The summed E-state index contributed by atoms with van der Waals surface area (Å²) in [6, 6.07) is 14.9. The standard InChI is InChI=1S/C19H17N3O3S2/c23-17(20-19-22-21-18(26-19)14-9-10-14)15-6-4-5-13(11-15)12-27(24,25)16-7-2-1-3-8-16/h1-8,11,14H,9-10,12H2,(H,20,22,23). The molecule has 0 saturated heterocycles. The minimum absolute atomic E-state index is 0.164. The smallest absolute Gasteiger partial charge is 0.257 e. The molecule has 4 rings (SSSR count). The maximum atomic E-state index is 12.5. The molecule has 0 aliphatic heterocycles. The van der Waals surface area contributed by atoms with Crippen LogP contribution in [0.1, 0.15) is 39.7 Å². The Balaban J connectivity index is 1.48. The molecular weight excluding hydrogens is 382 g/mol. The van der Waals surface area contributed by atoms with Gasteiger partial charge in [0.15, 0.2) is 9.84 Å². The predicted molar refractivity (Wildman–Crippen MR) is 104 cm³/mol. The second-order valence-corrected chi connectivity index (χ2v) is 9.45. The first-order chi connectivity index (χ1) is 13.0. The van der Waals surface area contributed by atoms with Crippen molar-refractivity contribution in [3.63, 3.8) is 0 Å². The van der Waals surface area contributed by atoms with Crippen molar-refractivity contribution in [2.24, 2.45) is 0 Å². The van der Waals surface area contributed by atoms with Crippen LogP contribution in [0.5, 0.6) is 0 Å². The van der Waals surface area contributed by atoms with Crippen molar-refractivity contribution >= 4 is 32.2 Å². The Bertz CT molecular complexity index is 1070. The molecule has 2 aromatic carbocycles. The van der Waals surface area contributed by atoms with Crippen LogP contribution in [0.3, 0.4) is 0 Å². The van der Waals surface area contributed by atoms with Gasteiger partial charge in [-0.15, -0.1) is 10.2 Å². The fourth-order valence-corrected chi connectivity index (χ4v) is 4.95. The highest BCUT2D eigenvalue weighted by Gasteiger charge is 2.27. The zero-order valence-electron chi connectivity index (χ0n) is 14.3. The molecule has 1 aliphatic carbocycles. The number of nitrogens with one attached hydrogen (secondary N) is 1. The number of hydrogen-bond acceptors (Lipinski definition) is 6. The third-order valence-corrected chi connectivity index (χ3v) is 6.94. The first-order valence-electron chi connectivity index (χ1n) is 8.53. The van der Waals surface area contributed by atoms with Gasteiger partial charge in [0.25, 0.3) is 5.91 Å². The SMILES string of the molecule is O=C(Nc1nnc(C2CC2)s1)c1cccc(CS(=O)(=O)c2ccccc2)c1. The number of sulfone groups is 1. The number of amides is 1. The summed E-state index contributed by atoms with van der Waals surface area (Å²) in [5.74, 6) is -0.00454. The maximum absolute atomic E-state index is 12.5. The zero-order valence-corrected chi connectivity index (χ0v) is 16.0. The quantitative estimate of drug-likeness (QED) is 0.683. The summed E-state index contributed by atoms with van der Waals surface area (Å²) in [7, 11) is -3.47. The molecule has 0 unspecified atom stereocenters. The average Bonchev–Trinajstić information content (AvgIpc) is 3.42. The second-order valence-electron chi connectivity index (χ2n) is 6.45. The molecule has 8 heteroatoms. The summed E-state index contributed by atoms with van der Waals surface area (Å²) in [6.45, 7) is 0. The summed E-state index contributed by atoms with van der Waals surface area (Å²) in [5.41, 5.74) is 0.946. The fraction of sp³-hybridized carbons (Fsp3) is 0.211. The van der Waals surface area contributed by atoms with E-state index in [1.54, 1.807) is 54.6 Å². The van der Waals surface area contributed by atoms with Crippen molar-refractivity contribution in [1.82, 2.24) is 10.2 Å². The summed E-state index contributed by atoms with van der Waals surface area (Å²) in [5, 5.41) is 12.3. The number of carbonyl (C=O) groups excluding carboxylic acids is 1. The van der Waals surface area contributed by atoms with Crippen LogP contribution < -0.4 is 5.32 Å². The lowest BCUT2D eigenvalue weighted by Gasteiger charge is -2.07. The van der Waals surface area contributed by atoms with Gasteiger partial charge < -0.3 is 0 Å². The Kier molecular flexibility index (Phi) is 4.75. The molecule has 138 valence electrons. The third kappa shape index (κ3) is 4.23. The first kappa shape index (κ1) is 17.8. The van der Waals surface area contributed by atoms with Gasteiger partial charge in [-0.2, -0.15) is 0 Å². The highest BCUT2D eigenvalue weighted by Crippen LogP contribution is 2.42. The number of benzene rings is 2. The monoisotopic (exact) mass is 399 g/mol. The molecule has 1 fully saturated rings. The van der Waals surface area contributed by atoms with Crippen molar-refractivity contribution in [2.75, 3.05) is 5.32 Å². The van der Waals surface area contributed by atoms with E-state index < -0.39 is 9.84 Å². The lowest BCUT2D eigenvalue weighted by Crippen LogP contribution is -2.12. The van der Waals surface area contributed by atoms with Crippen molar-refractivity contribution in [2.45, 2.75) is 29.4 Å². The van der Waals surface area contributed by atoms with Crippen LogP contribution in [0.4, 0.5) is 5.13 Å². The average molecular weight is 399 g/mol. The Morgan fingerprint density at radius 1 is 1.07 bits per heavy atom. The van der Waals surface area contributed by atoms with Crippen LogP contribution in [0.15, 0.2) is 59.5 Å². The maximum Gasteiger partial charge on any atom is 0.257 e. The highest BCUT2D eigenvalue weighted by atomic mass is 32.2. The lowest BCUT2D eigenvalue weighted by molar-refractivity contribution is 0.102. The van der Waals surface area contributed by atoms with Gasteiger partial charge in [-0.05, 0) is 42.7 Å². The van der Waals surface area contributed by atoms with Gasteiger partial charge in [0.1, 0.15) is 5.01 Å². The summed E-state index contributed by atoms with van der Waals surface area (Å²) < 4.78 is 25.1. The van der Waals surface area contributed by atoms with Crippen molar-refractivity contribution < 1.29 is 13.2 Å². The first-order valence-corrected chi connectivity index (χ1v) is 11.0.